The van der Waals surface area contributed by atoms with Gasteiger partial charge in [0.2, 0.25) is 0 Å². The Labute approximate surface area is 123 Å². The van der Waals surface area contributed by atoms with E-state index < -0.39 is 15.8 Å². The van der Waals surface area contributed by atoms with E-state index in [1.54, 1.807) is 0 Å². The Hall–Kier alpha value is -1.71. The predicted octanol–water partition coefficient (Wildman–Crippen LogP) is 2.07. The van der Waals surface area contributed by atoms with Crippen molar-refractivity contribution < 1.29 is 12.8 Å². The number of rotatable bonds is 4. The topological polar surface area (TPSA) is 97.1 Å². The van der Waals surface area contributed by atoms with Crippen LogP contribution in [0.4, 0.5) is 15.9 Å². The fourth-order valence-electron chi connectivity index (χ4n) is 1.40. The number of hydrogen-bond donors (Lipinski definition) is 3. The lowest BCUT2D eigenvalue weighted by Gasteiger charge is -2.10. The maximum Gasteiger partial charge on any atom is 0.263 e. The van der Waals surface area contributed by atoms with E-state index in [0.29, 0.717) is 10.3 Å². The molecule has 0 unspecified atom stereocenters. The maximum absolute atomic E-state index is 13.1. The van der Waals surface area contributed by atoms with Crippen LogP contribution < -0.4 is 16.0 Å². The van der Waals surface area contributed by atoms with Gasteiger partial charge in [-0.3, -0.25) is 4.72 Å². The van der Waals surface area contributed by atoms with E-state index in [4.69, 9.17) is 5.84 Å². The minimum absolute atomic E-state index is 0.0624. The molecule has 9 heteroatoms. The third-order valence-electron chi connectivity index (χ3n) is 2.37. The van der Waals surface area contributed by atoms with Crippen molar-refractivity contribution in [2.75, 3.05) is 10.1 Å². The first-order valence-electron chi connectivity index (χ1n) is 5.33. The molecule has 0 bridgehead atoms. The smallest absolute Gasteiger partial charge is 0.263 e. The van der Waals surface area contributed by atoms with Crippen LogP contribution in [0.3, 0.4) is 0 Å². The summed E-state index contributed by atoms with van der Waals surface area (Å²) in [6.07, 6.45) is 1.14. The third kappa shape index (κ3) is 3.24. The van der Waals surface area contributed by atoms with Crippen molar-refractivity contribution in [2.24, 2.45) is 5.84 Å². The van der Waals surface area contributed by atoms with Gasteiger partial charge in [-0.15, -0.1) is 0 Å². The Bertz CT molecular complexity index is 722. The minimum Gasteiger partial charge on any atom is -0.308 e. The van der Waals surface area contributed by atoms with E-state index in [9.17, 15) is 12.8 Å². The lowest BCUT2D eigenvalue weighted by atomic mass is 10.3. The number of hydrogen-bond acceptors (Lipinski definition) is 5. The normalized spacial score (nSPS) is 11.2. The monoisotopic (exact) mass is 360 g/mol. The Morgan fingerprint density at radius 1 is 1.25 bits per heavy atom. The number of pyridine rings is 1. The van der Waals surface area contributed by atoms with Crippen LogP contribution in [0, 0.1) is 5.82 Å². The average Bonchev–Trinajstić information content (AvgIpc) is 2.43. The number of aromatic nitrogens is 1. The van der Waals surface area contributed by atoms with Crippen LogP contribution in [-0.2, 0) is 10.0 Å². The van der Waals surface area contributed by atoms with E-state index >= 15 is 0 Å². The molecule has 0 fully saturated rings. The lowest BCUT2D eigenvalue weighted by molar-refractivity contribution is 0.600. The second-order valence-corrected chi connectivity index (χ2v) is 6.29. The molecule has 0 aliphatic heterocycles. The number of sulfonamides is 1. The highest BCUT2D eigenvalue weighted by Gasteiger charge is 2.16. The van der Waals surface area contributed by atoms with Crippen LogP contribution in [0.1, 0.15) is 0 Å². The van der Waals surface area contributed by atoms with E-state index in [-0.39, 0.29) is 10.6 Å². The molecule has 1 aromatic carbocycles. The van der Waals surface area contributed by atoms with E-state index in [2.05, 4.69) is 31.1 Å². The number of hydrazine groups is 1. The van der Waals surface area contributed by atoms with Crippen LogP contribution in [0.5, 0.6) is 0 Å². The number of nitrogens with zero attached hydrogens (tertiary/aromatic N) is 1. The van der Waals surface area contributed by atoms with Crippen LogP contribution >= 0.6 is 15.9 Å². The number of nitrogens with one attached hydrogen (secondary N) is 2. The van der Waals surface area contributed by atoms with Gasteiger partial charge in [0.05, 0.1) is 5.69 Å². The van der Waals surface area contributed by atoms with Crippen LogP contribution in [0.15, 0.2) is 45.9 Å². The Kier molecular flexibility index (Phi) is 4.21. The summed E-state index contributed by atoms with van der Waals surface area (Å²) in [7, 11) is -3.86. The Morgan fingerprint density at radius 2 is 2.00 bits per heavy atom. The summed E-state index contributed by atoms with van der Waals surface area (Å²) in [6, 6.07) is 6.44. The van der Waals surface area contributed by atoms with Gasteiger partial charge in [-0.25, -0.2) is 23.6 Å². The van der Waals surface area contributed by atoms with Gasteiger partial charge in [0.15, 0.2) is 0 Å². The average molecular weight is 361 g/mol. The van der Waals surface area contributed by atoms with Gasteiger partial charge in [0, 0.05) is 10.7 Å². The van der Waals surface area contributed by atoms with Gasteiger partial charge in [-0.1, -0.05) is 0 Å². The first kappa shape index (κ1) is 14.7. The lowest BCUT2D eigenvalue weighted by Crippen LogP contribution is -2.14. The molecular weight excluding hydrogens is 351 g/mol. The number of anilines is 2. The quantitative estimate of drug-likeness (QED) is 0.572. The zero-order valence-corrected chi connectivity index (χ0v) is 12.4. The Morgan fingerprint density at radius 3 is 2.60 bits per heavy atom. The summed E-state index contributed by atoms with van der Waals surface area (Å²) in [5.74, 6) is 4.92. The van der Waals surface area contributed by atoms with Gasteiger partial charge >= 0.3 is 0 Å². The van der Waals surface area contributed by atoms with Gasteiger partial charge in [-0.05, 0) is 46.3 Å². The molecule has 0 atom stereocenters. The van der Waals surface area contributed by atoms with Crippen LogP contribution in [0.25, 0.3) is 0 Å². The van der Waals surface area contributed by atoms with Gasteiger partial charge in [0.1, 0.15) is 16.5 Å². The molecule has 0 saturated carbocycles. The predicted molar refractivity (Wildman–Crippen MR) is 77.0 cm³/mol. The molecule has 106 valence electrons. The molecule has 2 aromatic rings. The molecule has 1 heterocycles. The first-order chi connectivity index (χ1) is 9.42. The molecule has 0 spiro atoms. The molecular formula is C11H10BrFN4O2S. The zero-order chi connectivity index (χ0) is 14.8. The highest BCUT2D eigenvalue weighted by Crippen LogP contribution is 2.25. The molecule has 20 heavy (non-hydrogen) atoms. The van der Waals surface area contributed by atoms with Crippen molar-refractivity contribution in [3.05, 3.63) is 46.8 Å². The van der Waals surface area contributed by atoms with Crippen molar-refractivity contribution in [1.29, 1.82) is 0 Å². The molecule has 0 radical (unpaired) electrons. The van der Waals surface area contributed by atoms with Crippen molar-refractivity contribution in [3.8, 4) is 0 Å². The summed E-state index contributed by atoms with van der Waals surface area (Å²) in [4.78, 5) is 3.74. The summed E-state index contributed by atoms with van der Waals surface area (Å²) >= 11 is 3.14. The molecule has 4 N–H and O–H groups in total. The zero-order valence-electron chi connectivity index (χ0n) is 9.97. The first-order valence-corrected chi connectivity index (χ1v) is 7.60. The molecule has 0 aliphatic rings. The van der Waals surface area contributed by atoms with E-state index in [1.165, 1.54) is 24.3 Å². The standard InChI is InChI=1S/C11H10BrFN4O2S/c12-9-3-1-7(13)5-10(9)17-20(18,19)8-2-4-11(16-14)15-6-8/h1-6,17H,14H2,(H,15,16). The fraction of sp³-hybridized carbons (Fsp3) is 0. The number of benzene rings is 1. The summed E-state index contributed by atoms with van der Waals surface area (Å²) < 4.78 is 40.1. The van der Waals surface area contributed by atoms with Gasteiger partial charge in [0.25, 0.3) is 10.0 Å². The number of halogens is 2. The highest BCUT2D eigenvalue weighted by molar-refractivity contribution is 9.10. The molecule has 0 aliphatic carbocycles. The van der Waals surface area contributed by atoms with Crippen LogP contribution in [0.2, 0.25) is 0 Å². The molecule has 0 amide bonds. The van der Waals surface area contributed by atoms with Crippen molar-refractivity contribution in [1.82, 2.24) is 4.98 Å². The third-order valence-corrected chi connectivity index (χ3v) is 4.41. The van der Waals surface area contributed by atoms with Crippen molar-refractivity contribution in [3.63, 3.8) is 0 Å². The number of nitrogens with two attached hydrogens (primary N) is 1. The molecule has 1 aromatic heterocycles. The second kappa shape index (κ2) is 5.73. The van der Waals surface area contributed by atoms with E-state index in [1.807, 2.05) is 0 Å². The molecule has 0 saturated heterocycles. The molecule has 6 nitrogen and oxygen atoms in total. The number of nitrogen functional groups attached to an aromatic ring is 1. The van der Waals surface area contributed by atoms with Gasteiger partial charge in [-0.2, -0.15) is 0 Å². The van der Waals surface area contributed by atoms with Crippen molar-refractivity contribution >= 4 is 37.5 Å². The largest absolute Gasteiger partial charge is 0.308 e. The molecule has 2 rings (SSSR count). The Balaban J connectivity index is 2.32. The fourth-order valence-corrected chi connectivity index (χ4v) is 2.90. The van der Waals surface area contributed by atoms with Crippen LogP contribution in [-0.4, -0.2) is 13.4 Å². The second-order valence-electron chi connectivity index (χ2n) is 3.75. The van der Waals surface area contributed by atoms with Crippen molar-refractivity contribution in [2.45, 2.75) is 4.90 Å². The summed E-state index contributed by atoms with van der Waals surface area (Å²) in [5, 5.41) is 0. The maximum atomic E-state index is 13.1. The van der Waals surface area contributed by atoms with E-state index in [0.717, 1.165) is 12.3 Å². The highest BCUT2D eigenvalue weighted by atomic mass is 79.9. The minimum atomic E-state index is -3.86. The SMILES string of the molecule is NNc1ccc(S(=O)(=O)Nc2cc(F)ccc2Br)cn1. The van der Waals surface area contributed by atoms with Gasteiger partial charge < -0.3 is 5.43 Å². The summed E-state index contributed by atoms with van der Waals surface area (Å²) in [5.41, 5.74) is 2.39. The summed E-state index contributed by atoms with van der Waals surface area (Å²) in [6.45, 7) is 0.